The van der Waals surface area contributed by atoms with Gasteiger partial charge in [0.1, 0.15) is 0 Å². The summed E-state index contributed by atoms with van der Waals surface area (Å²) >= 11 is 0. The largest absolute Gasteiger partial charge is 0.397 e. The van der Waals surface area contributed by atoms with Gasteiger partial charge in [-0.2, -0.15) is 0 Å². The number of rotatable bonds is 4. The fourth-order valence-corrected chi connectivity index (χ4v) is 2.79. The van der Waals surface area contributed by atoms with Crippen molar-refractivity contribution in [2.75, 3.05) is 17.2 Å². The van der Waals surface area contributed by atoms with E-state index >= 15 is 0 Å². The molecule has 0 aliphatic heterocycles. The molecule has 0 atom stereocenters. The van der Waals surface area contributed by atoms with E-state index in [1.807, 2.05) is 18.2 Å². The number of nitrogen functional groups attached to an aromatic ring is 1. The van der Waals surface area contributed by atoms with Crippen LogP contribution in [0.15, 0.2) is 36.4 Å². The zero-order valence-electron chi connectivity index (χ0n) is 12.9. The minimum atomic E-state index is 0.844. The van der Waals surface area contributed by atoms with Gasteiger partial charge in [-0.3, -0.25) is 0 Å². The highest BCUT2D eigenvalue weighted by molar-refractivity contribution is 5.67. The average molecular weight is 268 g/mol. The zero-order chi connectivity index (χ0) is 14.7. The number of nitrogens with zero attached hydrogens (tertiary/aromatic N) is 1. The number of anilines is 2. The van der Waals surface area contributed by atoms with Crippen molar-refractivity contribution in [2.24, 2.45) is 0 Å². The highest BCUT2D eigenvalue weighted by Gasteiger charge is 2.11. The first kappa shape index (κ1) is 14.4. The van der Waals surface area contributed by atoms with E-state index in [4.69, 9.17) is 5.73 Å². The van der Waals surface area contributed by atoms with Crippen molar-refractivity contribution in [2.45, 2.75) is 34.2 Å². The van der Waals surface area contributed by atoms with E-state index in [-0.39, 0.29) is 0 Å². The number of para-hydroxylation sites is 2. The minimum Gasteiger partial charge on any atom is -0.397 e. The van der Waals surface area contributed by atoms with Gasteiger partial charge < -0.3 is 10.6 Å². The molecule has 20 heavy (non-hydrogen) atoms. The Morgan fingerprint density at radius 1 is 1.00 bits per heavy atom. The summed E-state index contributed by atoms with van der Waals surface area (Å²) in [5.74, 6) is 0. The van der Waals surface area contributed by atoms with Crippen LogP contribution < -0.4 is 10.6 Å². The van der Waals surface area contributed by atoms with Gasteiger partial charge in [0.2, 0.25) is 0 Å². The van der Waals surface area contributed by atoms with E-state index in [9.17, 15) is 0 Å². The molecule has 0 saturated carbocycles. The van der Waals surface area contributed by atoms with Gasteiger partial charge in [-0.25, -0.2) is 0 Å². The molecule has 2 nitrogen and oxygen atoms in total. The van der Waals surface area contributed by atoms with Gasteiger partial charge in [-0.1, -0.05) is 29.8 Å². The number of benzene rings is 2. The molecule has 0 fully saturated rings. The third-order valence-corrected chi connectivity index (χ3v) is 3.85. The summed E-state index contributed by atoms with van der Waals surface area (Å²) in [5.41, 5.74) is 13.5. The quantitative estimate of drug-likeness (QED) is 0.841. The van der Waals surface area contributed by atoms with E-state index in [0.717, 1.165) is 24.5 Å². The van der Waals surface area contributed by atoms with Gasteiger partial charge >= 0.3 is 0 Å². The van der Waals surface area contributed by atoms with Crippen molar-refractivity contribution in [3.05, 3.63) is 58.7 Å². The first-order valence-corrected chi connectivity index (χ1v) is 7.19. The van der Waals surface area contributed by atoms with Crippen molar-refractivity contribution in [3.63, 3.8) is 0 Å². The molecular weight excluding hydrogens is 244 g/mol. The van der Waals surface area contributed by atoms with Gasteiger partial charge in [-0.15, -0.1) is 0 Å². The number of aryl methyl sites for hydroxylation is 3. The van der Waals surface area contributed by atoms with Gasteiger partial charge in [0.05, 0.1) is 11.4 Å². The lowest BCUT2D eigenvalue weighted by atomic mass is 9.99. The minimum absolute atomic E-state index is 0.844. The molecule has 0 unspecified atom stereocenters. The summed E-state index contributed by atoms with van der Waals surface area (Å²) in [6, 6.07) is 12.6. The van der Waals surface area contributed by atoms with Gasteiger partial charge in [-0.05, 0) is 56.5 Å². The Bertz CT molecular complexity index is 579. The van der Waals surface area contributed by atoms with Crippen LogP contribution >= 0.6 is 0 Å². The summed E-state index contributed by atoms with van der Waals surface area (Å²) < 4.78 is 0. The van der Waals surface area contributed by atoms with Crippen LogP contribution in [-0.2, 0) is 6.54 Å². The Morgan fingerprint density at radius 2 is 1.60 bits per heavy atom. The van der Waals surface area contributed by atoms with Crippen molar-refractivity contribution in [1.29, 1.82) is 0 Å². The molecule has 2 aromatic rings. The predicted molar refractivity (Wildman–Crippen MR) is 88.2 cm³/mol. The van der Waals surface area contributed by atoms with Crippen LogP contribution in [-0.4, -0.2) is 6.54 Å². The van der Waals surface area contributed by atoms with Crippen LogP contribution in [0.5, 0.6) is 0 Å². The lowest BCUT2D eigenvalue weighted by molar-refractivity contribution is 0.823. The Hall–Kier alpha value is -1.96. The smallest absolute Gasteiger partial charge is 0.0602 e. The number of nitrogens with two attached hydrogens (primary N) is 1. The third-order valence-electron chi connectivity index (χ3n) is 3.85. The lowest BCUT2D eigenvalue weighted by Crippen LogP contribution is -2.24. The maximum Gasteiger partial charge on any atom is 0.0602 e. The van der Waals surface area contributed by atoms with E-state index in [1.165, 1.54) is 22.3 Å². The topological polar surface area (TPSA) is 29.3 Å². The Labute approximate surface area is 122 Å². The molecule has 0 radical (unpaired) electrons. The van der Waals surface area contributed by atoms with Crippen LogP contribution in [0.1, 0.15) is 29.2 Å². The molecule has 2 rings (SSSR count). The number of hydrogen-bond acceptors (Lipinski definition) is 2. The van der Waals surface area contributed by atoms with Crippen molar-refractivity contribution in [1.82, 2.24) is 0 Å². The Morgan fingerprint density at radius 3 is 2.15 bits per heavy atom. The fraction of sp³-hybridized carbons (Fsp3) is 0.333. The highest BCUT2D eigenvalue weighted by Crippen LogP contribution is 2.26. The molecule has 0 aliphatic rings. The van der Waals surface area contributed by atoms with Gasteiger partial charge in [0.25, 0.3) is 0 Å². The predicted octanol–water partition coefficient (Wildman–Crippen LogP) is 4.22. The lowest BCUT2D eigenvalue weighted by Gasteiger charge is -2.26. The van der Waals surface area contributed by atoms with E-state index < -0.39 is 0 Å². The first-order chi connectivity index (χ1) is 9.52. The molecule has 2 aromatic carbocycles. The van der Waals surface area contributed by atoms with Crippen molar-refractivity contribution in [3.8, 4) is 0 Å². The highest BCUT2D eigenvalue weighted by atomic mass is 15.1. The first-order valence-electron chi connectivity index (χ1n) is 7.19. The molecule has 0 aromatic heterocycles. The van der Waals surface area contributed by atoms with Gasteiger partial charge in [0.15, 0.2) is 0 Å². The zero-order valence-corrected chi connectivity index (χ0v) is 12.9. The Balaban J connectivity index is 2.35. The fourth-order valence-electron chi connectivity index (χ4n) is 2.79. The van der Waals surface area contributed by atoms with Crippen LogP contribution in [0.4, 0.5) is 11.4 Å². The SMILES string of the molecule is CCN(Cc1c(C)cc(C)cc1C)c1ccccc1N. The van der Waals surface area contributed by atoms with Crippen LogP contribution in [0.2, 0.25) is 0 Å². The monoisotopic (exact) mass is 268 g/mol. The molecule has 106 valence electrons. The molecule has 2 heteroatoms. The molecule has 0 bridgehead atoms. The third kappa shape index (κ3) is 2.96. The molecule has 0 spiro atoms. The molecule has 0 saturated heterocycles. The van der Waals surface area contributed by atoms with E-state index in [1.54, 1.807) is 0 Å². The van der Waals surface area contributed by atoms with Crippen molar-refractivity contribution >= 4 is 11.4 Å². The second kappa shape index (κ2) is 6.00. The van der Waals surface area contributed by atoms with Crippen LogP contribution in [0.25, 0.3) is 0 Å². The van der Waals surface area contributed by atoms with Crippen molar-refractivity contribution < 1.29 is 0 Å². The summed E-state index contributed by atoms with van der Waals surface area (Å²) in [4.78, 5) is 2.33. The summed E-state index contributed by atoms with van der Waals surface area (Å²) in [7, 11) is 0. The second-order valence-corrected chi connectivity index (χ2v) is 5.45. The molecule has 0 aliphatic carbocycles. The van der Waals surface area contributed by atoms with Crippen LogP contribution in [0, 0.1) is 20.8 Å². The maximum absolute atomic E-state index is 6.11. The number of hydrogen-bond donors (Lipinski definition) is 1. The summed E-state index contributed by atoms with van der Waals surface area (Å²) in [6.45, 7) is 10.6. The Kier molecular flexibility index (Phi) is 4.33. The summed E-state index contributed by atoms with van der Waals surface area (Å²) in [6.07, 6.45) is 0. The molecule has 2 N–H and O–H groups in total. The second-order valence-electron chi connectivity index (χ2n) is 5.45. The molecule has 0 amide bonds. The molecular formula is C18H24N2. The molecule has 0 heterocycles. The standard InChI is InChI=1S/C18H24N2/c1-5-20(18-9-7-6-8-17(18)19)12-16-14(3)10-13(2)11-15(16)4/h6-11H,5,12,19H2,1-4H3. The van der Waals surface area contributed by atoms with Gasteiger partial charge in [0, 0.05) is 13.1 Å². The average Bonchev–Trinajstić information content (AvgIpc) is 2.39. The van der Waals surface area contributed by atoms with Crippen LogP contribution in [0.3, 0.4) is 0 Å². The summed E-state index contributed by atoms with van der Waals surface area (Å²) in [5, 5.41) is 0. The van der Waals surface area contributed by atoms with E-state index in [0.29, 0.717) is 0 Å². The normalized spacial score (nSPS) is 10.6. The maximum atomic E-state index is 6.11. The van der Waals surface area contributed by atoms with E-state index in [2.05, 4.69) is 50.8 Å².